The molecule has 4 nitrogen and oxygen atoms in total. The van der Waals surface area contributed by atoms with E-state index < -0.39 is 5.97 Å². The van der Waals surface area contributed by atoms with Gasteiger partial charge in [0.1, 0.15) is 5.75 Å². The highest BCUT2D eigenvalue weighted by molar-refractivity contribution is 6.00. The summed E-state index contributed by atoms with van der Waals surface area (Å²) in [7, 11) is 0. The monoisotopic (exact) mass is 356 g/mol. The topological polar surface area (TPSA) is 63.6 Å². The van der Waals surface area contributed by atoms with Gasteiger partial charge in [-0.1, -0.05) is 44.2 Å². The Bertz CT molecular complexity index is 735. The molecule has 0 amide bonds. The van der Waals surface area contributed by atoms with Crippen molar-refractivity contribution in [2.75, 3.05) is 6.61 Å². The molecule has 0 fully saturated rings. The van der Waals surface area contributed by atoms with E-state index in [-0.39, 0.29) is 18.8 Å². The van der Waals surface area contributed by atoms with Crippen molar-refractivity contribution < 1.29 is 19.4 Å². The first-order valence-electron chi connectivity index (χ1n) is 9.00. The average Bonchev–Trinajstić information content (AvgIpc) is 2.62. The van der Waals surface area contributed by atoms with Gasteiger partial charge in [-0.15, -0.1) is 0 Å². The maximum absolute atomic E-state index is 12.7. The van der Waals surface area contributed by atoms with Gasteiger partial charge in [-0.2, -0.15) is 0 Å². The van der Waals surface area contributed by atoms with E-state index in [1.165, 1.54) is 0 Å². The molecule has 0 saturated heterocycles. The van der Waals surface area contributed by atoms with Gasteiger partial charge in [-0.25, -0.2) is 0 Å². The molecule has 0 aliphatic rings. The number of Topliss-reactive ketones (excluding diaryl/α,β-unsaturated/α-hetero) is 1. The third-order valence-corrected chi connectivity index (χ3v) is 3.84. The summed E-state index contributed by atoms with van der Waals surface area (Å²) in [6, 6.07) is 13.3. The van der Waals surface area contributed by atoms with Crippen molar-refractivity contribution >= 4 is 11.8 Å². The first-order chi connectivity index (χ1) is 12.5. The smallest absolute Gasteiger partial charge is 0.303 e. The molecule has 0 aromatic heterocycles. The van der Waals surface area contributed by atoms with Crippen molar-refractivity contribution in [1.82, 2.24) is 0 Å². The number of carbonyl (C=O) groups is 2. The number of hydrogen-bond acceptors (Lipinski definition) is 3. The fourth-order valence-electron chi connectivity index (χ4n) is 2.46. The van der Waals surface area contributed by atoms with Crippen molar-refractivity contribution in [3.05, 3.63) is 64.7 Å². The lowest BCUT2D eigenvalue weighted by Crippen LogP contribution is -2.09. The van der Waals surface area contributed by atoms with Crippen LogP contribution in [0.4, 0.5) is 0 Å². The van der Waals surface area contributed by atoms with Crippen LogP contribution >= 0.6 is 0 Å². The van der Waals surface area contributed by atoms with Crippen molar-refractivity contribution in [2.45, 2.75) is 47.0 Å². The van der Waals surface area contributed by atoms with Crippen LogP contribution in [-0.4, -0.2) is 23.5 Å². The number of rotatable bonds is 8. The van der Waals surface area contributed by atoms with Gasteiger partial charge in [0.05, 0.1) is 12.2 Å². The van der Waals surface area contributed by atoms with E-state index in [9.17, 15) is 9.59 Å². The Balaban J connectivity index is 0.00000163. The van der Waals surface area contributed by atoms with Crippen LogP contribution in [0, 0.1) is 13.8 Å². The van der Waals surface area contributed by atoms with Crippen LogP contribution in [0.25, 0.3) is 0 Å². The molecule has 0 radical (unpaired) electrons. The normalized spacial score (nSPS) is 9.85. The molecular formula is C22H28O4. The Labute approximate surface area is 155 Å². The summed E-state index contributed by atoms with van der Waals surface area (Å²) in [5, 5.41) is 8.68. The fraction of sp³-hybridized carbons (Fsp3) is 0.364. The number of carbonyl (C=O) groups excluding carboxylic acids is 1. The SMILES string of the molecule is CC.Cc1ccc(C(=O)Cc2ccccc2C)c(OCCCC(=O)O)c1. The third kappa shape index (κ3) is 6.71. The second-order valence-electron chi connectivity index (χ2n) is 5.87. The zero-order chi connectivity index (χ0) is 19.5. The second-order valence-corrected chi connectivity index (χ2v) is 5.87. The lowest BCUT2D eigenvalue weighted by atomic mass is 9.98. The van der Waals surface area contributed by atoms with E-state index in [1.54, 1.807) is 6.07 Å². The molecule has 0 heterocycles. The van der Waals surface area contributed by atoms with Crippen LogP contribution in [0.15, 0.2) is 42.5 Å². The van der Waals surface area contributed by atoms with Crippen LogP contribution in [0.5, 0.6) is 5.75 Å². The number of aryl methyl sites for hydroxylation is 2. The number of benzene rings is 2. The first-order valence-corrected chi connectivity index (χ1v) is 9.00. The molecule has 1 N–H and O–H groups in total. The maximum Gasteiger partial charge on any atom is 0.303 e. The number of carboxylic acids is 1. The number of hydrogen-bond donors (Lipinski definition) is 1. The van der Waals surface area contributed by atoms with Crippen LogP contribution in [0.2, 0.25) is 0 Å². The standard InChI is InChI=1S/C20H22O4.C2H6/c1-14-9-10-17(19(12-14)24-11-5-8-20(22)23)18(21)13-16-7-4-3-6-15(16)2;1-2/h3-4,6-7,9-10,12H,5,8,11,13H2,1-2H3,(H,22,23);1-2H3. The van der Waals surface area contributed by atoms with Gasteiger partial charge in [0, 0.05) is 12.8 Å². The van der Waals surface area contributed by atoms with Gasteiger partial charge in [-0.3, -0.25) is 9.59 Å². The molecule has 0 unspecified atom stereocenters. The third-order valence-electron chi connectivity index (χ3n) is 3.84. The molecule has 26 heavy (non-hydrogen) atoms. The highest BCUT2D eigenvalue weighted by atomic mass is 16.5. The molecular weight excluding hydrogens is 328 g/mol. The summed E-state index contributed by atoms with van der Waals surface area (Å²) in [5.41, 5.74) is 3.62. The molecule has 4 heteroatoms. The molecule has 0 aliphatic heterocycles. The summed E-state index contributed by atoms with van der Waals surface area (Å²) < 4.78 is 5.67. The summed E-state index contributed by atoms with van der Waals surface area (Å²) in [6.45, 7) is 8.20. The molecule has 140 valence electrons. The lowest BCUT2D eigenvalue weighted by molar-refractivity contribution is -0.137. The van der Waals surface area contributed by atoms with E-state index >= 15 is 0 Å². The van der Waals surface area contributed by atoms with Crippen LogP contribution in [0.1, 0.15) is 53.7 Å². The molecule has 0 saturated carbocycles. The molecule has 2 rings (SSSR count). The quantitative estimate of drug-likeness (QED) is 0.534. The number of ketones is 1. The zero-order valence-corrected chi connectivity index (χ0v) is 16.0. The Morgan fingerprint density at radius 2 is 1.73 bits per heavy atom. The van der Waals surface area contributed by atoms with E-state index in [4.69, 9.17) is 9.84 Å². The largest absolute Gasteiger partial charge is 0.493 e. The van der Waals surface area contributed by atoms with Gasteiger partial charge in [0.2, 0.25) is 0 Å². The van der Waals surface area contributed by atoms with Gasteiger partial charge in [0.25, 0.3) is 0 Å². The van der Waals surface area contributed by atoms with E-state index in [2.05, 4.69) is 0 Å². The molecule has 0 atom stereocenters. The number of aliphatic carboxylic acids is 1. The first kappa shape index (κ1) is 21.4. The van der Waals surface area contributed by atoms with Gasteiger partial charge >= 0.3 is 5.97 Å². The van der Waals surface area contributed by atoms with Crippen molar-refractivity contribution in [3.63, 3.8) is 0 Å². The second kappa shape index (κ2) is 11.1. The Kier molecular flexibility index (Phi) is 9.13. The number of carboxylic acid groups (broad SMARTS) is 1. The van der Waals surface area contributed by atoms with Gasteiger partial charge < -0.3 is 9.84 Å². The summed E-state index contributed by atoms with van der Waals surface area (Å²) in [4.78, 5) is 23.2. The average molecular weight is 356 g/mol. The predicted molar refractivity (Wildman–Crippen MR) is 104 cm³/mol. The minimum Gasteiger partial charge on any atom is -0.493 e. The van der Waals surface area contributed by atoms with Crippen LogP contribution in [-0.2, 0) is 11.2 Å². The minimum atomic E-state index is -0.848. The van der Waals surface area contributed by atoms with Crippen LogP contribution in [0.3, 0.4) is 0 Å². The maximum atomic E-state index is 12.7. The van der Waals surface area contributed by atoms with Crippen LogP contribution < -0.4 is 4.74 Å². The zero-order valence-electron chi connectivity index (χ0n) is 16.0. The van der Waals surface area contributed by atoms with Crippen molar-refractivity contribution in [3.8, 4) is 5.75 Å². The highest BCUT2D eigenvalue weighted by Crippen LogP contribution is 2.23. The van der Waals surface area contributed by atoms with Crippen molar-refractivity contribution in [2.24, 2.45) is 0 Å². The molecule has 0 spiro atoms. The number of ether oxygens (including phenoxy) is 1. The molecule has 2 aromatic rings. The van der Waals surface area contributed by atoms with Crippen molar-refractivity contribution in [1.29, 1.82) is 0 Å². The molecule has 0 bridgehead atoms. The predicted octanol–water partition coefficient (Wildman–Crippen LogP) is 5.00. The fourth-order valence-corrected chi connectivity index (χ4v) is 2.46. The van der Waals surface area contributed by atoms with Gasteiger partial charge in [0.15, 0.2) is 5.78 Å². The van der Waals surface area contributed by atoms with E-state index in [0.717, 1.165) is 16.7 Å². The lowest BCUT2D eigenvalue weighted by Gasteiger charge is -2.12. The Morgan fingerprint density at radius 1 is 1.04 bits per heavy atom. The molecule has 2 aromatic carbocycles. The Morgan fingerprint density at radius 3 is 2.38 bits per heavy atom. The summed E-state index contributed by atoms with van der Waals surface area (Å²) in [5.74, 6) is -0.324. The van der Waals surface area contributed by atoms with E-state index in [1.807, 2.05) is 64.1 Å². The summed E-state index contributed by atoms with van der Waals surface area (Å²) >= 11 is 0. The highest BCUT2D eigenvalue weighted by Gasteiger charge is 2.14. The summed E-state index contributed by atoms with van der Waals surface area (Å²) in [6.07, 6.45) is 0.786. The Hall–Kier alpha value is -2.62. The minimum absolute atomic E-state index is 0.00228. The molecule has 0 aliphatic carbocycles. The van der Waals surface area contributed by atoms with E-state index in [0.29, 0.717) is 24.2 Å². The van der Waals surface area contributed by atoms with Gasteiger partial charge in [-0.05, 0) is 49.1 Å².